The summed E-state index contributed by atoms with van der Waals surface area (Å²) in [6.07, 6.45) is 0. The Morgan fingerprint density at radius 2 is 1.25 bits per heavy atom. The van der Waals surface area contributed by atoms with Crippen LogP contribution in [0.3, 0.4) is 0 Å². The van der Waals surface area contributed by atoms with E-state index in [0.717, 1.165) is 37.7 Å². The van der Waals surface area contributed by atoms with E-state index in [0.29, 0.717) is 11.8 Å². The molecule has 2 aromatic carbocycles. The molecule has 1 fully saturated rings. The van der Waals surface area contributed by atoms with E-state index in [-0.39, 0.29) is 6.04 Å². The highest BCUT2D eigenvalue weighted by Gasteiger charge is 2.29. The maximum absolute atomic E-state index is 6.33. The first-order valence-electron chi connectivity index (χ1n) is 9.75. The van der Waals surface area contributed by atoms with Gasteiger partial charge in [0.1, 0.15) is 11.5 Å². The molecule has 2 heterocycles. The molecule has 4 rings (SSSR count). The molecule has 0 amide bonds. The number of hydrogen-bond donors (Lipinski definition) is 1. The molecule has 0 aromatic heterocycles. The van der Waals surface area contributed by atoms with Gasteiger partial charge in [0.25, 0.3) is 0 Å². The summed E-state index contributed by atoms with van der Waals surface area (Å²) in [5.74, 6) is 2.52. The molecule has 5 nitrogen and oxygen atoms in total. The lowest BCUT2D eigenvalue weighted by molar-refractivity contribution is 0.107. The lowest BCUT2D eigenvalue weighted by Crippen LogP contribution is -2.48. The van der Waals surface area contributed by atoms with Crippen LogP contribution in [0.2, 0.25) is 0 Å². The van der Waals surface area contributed by atoms with Gasteiger partial charge in [-0.15, -0.1) is 0 Å². The first-order chi connectivity index (χ1) is 13.6. The summed E-state index contributed by atoms with van der Waals surface area (Å²) >= 11 is 0. The van der Waals surface area contributed by atoms with Crippen molar-refractivity contribution < 1.29 is 9.47 Å². The van der Waals surface area contributed by atoms with E-state index in [4.69, 9.17) is 15.2 Å². The lowest BCUT2D eigenvalue weighted by atomic mass is 9.96. The van der Waals surface area contributed by atoms with Crippen LogP contribution in [0.25, 0.3) is 0 Å². The number of nitrogens with zero attached hydrogens (tertiary/aromatic N) is 2. The highest BCUT2D eigenvalue weighted by molar-refractivity contribution is 5.32. The summed E-state index contributed by atoms with van der Waals surface area (Å²) in [5.41, 5.74) is 8.96. The Bertz CT molecular complexity index is 814. The van der Waals surface area contributed by atoms with Gasteiger partial charge >= 0.3 is 5.95 Å². The van der Waals surface area contributed by atoms with E-state index < -0.39 is 0 Å². The minimum atomic E-state index is 0.239. The number of allylic oxidation sites excluding steroid dienone is 2. The minimum absolute atomic E-state index is 0.239. The Balaban J connectivity index is 1.50. The molecule has 2 aromatic rings. The second-order valence-electron chi connectivity index (χ2n) is 7.24. The third-order valence-corrected chi connectivity index (χ3v) is 5.45. The van der Waals surface area contributed by atoms with Crippen LogP contribution < -0.4 is 5.73 Å². The maximum atomic E-state index is 6.33. The van der Waals surface area contributed by atoms with Crippen molar-refractivity contribution in [3.63, 3.8) is 0 Å². The van der Waals surface area contributed by atoms with Gasteiger partial charge in [-0.2, -0.15) is 0 Å². The van der Waals surface area contributed by atoms with E-state index in [1.165, 1.54) is 11.1 Å². The highest BCUT2D eigenvalue weighted by atomic mass is 16.7. The van der Waals surface area contributed by atoms with Gasteiger partial charge in [0.2, 0.25) is 0 Å². The maximum Gasteiger partial charge on any atom is 0.332 e. The summed E-state index contributed by atoms with van der Waals surface area (Å²) in [6.45, 7) is 7.25. The van der Waals surface area contributed by atoms with Crippen molar-refractivity contribution in [3.8, 4) is 0 Å². The summed E-state index contributed by atoms with van der Waals surface area (Å²) in [5, 5.41) is 0. The monoisotopic (exact) mass is 377 g/mol. The molecule has 0 spiro atoms. The average molecular weight is 377 g/mol. The number of ether oxygens (including phenoxy) is 2. The van der Waals surface area contributed by atoms with Gasteiger partial charge in [0.05, 0.1) is 6.04 Å². The lowest BCUT2D eigenvalue weighted by Gasteiger charge is -2.40. The van der Waals surface area contributed by atoms with Gasteiger partial charge in [-0.05, 0) is 25.0 Å². The zero-order valence-corrected chi connectivity index (χ0v) is 16.5. The molecule has 0 radical (unpaired) electrons. The summed E-state index contributed by atoms with van der Waals surface area (Å²) in [6, 6.07) is 21.6. The standard InChI is InChI=1S/C23H27N3O2/c1-17-18(2)28-23(27-17)22(24)26-15-13-25(14-16-26)21(19-9-5-3-6-10-19)20-11-7-4-8-12-20/h3-12,21H,13-16,24H2,1-2H3. The highest BCUT2D eigenvalue weighted by Crippen LogP contribution is 2.31. The summed E-state index contributed by atoms with van der Waals surface area (Å²) < 4.78 is 11.3. The van der Waals surface area contributed by atoms with Crippen LogP contribution >= 0.6 is 0 Å². The fourth-order valence-corrected chi connectivity index (χ4v) is 3.78. The number of piperazine rings is 1. The van der Waals surface area contributed by atoms with E-state index in [1.807, 2.05) is 13.8 Å². The molecule has 0 atom stereocenters. The van der Waals surface area contributed by atoms with Crippen molar-refractivity contribution >= 4 is 0 Å². The number of nitrogens with two attached hydrogens (primary N) is 1. The van der Waals surface area contributed by atoms with Crippen molar-refractivity contribution in [2.24, 2.45) is 5.73 Å². The van der Waals surface area contributed by atoms with Crippen molar-refractivity contribution in [1.29, 1.82) is 0 Å². The quantitative estimate of drug-likeness (QED) is 0.879. The Morgan fingerprint density at radius 1 is 0.786 bits per heavy atom. The average Bonchev–Trinajstić information content (AvgIpc) is 3.08. The molecule has 0 saturated carbocycles. The predicted molar refractivity (Wildman–Crippen MR) is 110 cm³/mol. The Kier molecular flexibility index (Phi) is 5.26. The second-order valence-corrected chi connectivity index (χ2v) is 7.24. The van der Waals surface area contributed by atoms with Gasteiger partial charge in [0, 0.05) is 26.2 Å². The van der Waals surface area contributed by atoms with E-state index in [9.17, 15) is 0 Å². The van der Waals surface area contributed by atoms with Crippen LogP contribution in [0.5, 0.6) is 0 Å². The molecular weight excluding hydrogens is 350 g/mol. The molecule has 0 bridgehead atoms. The summed E-state index contributed by atoms with van der Waals surface area (Å²) in [7, 11) is 0. The molecule has 28 heavy (non-hydrogen) atoms. The Morgan fingerprint density at radius 3 is 1.71 bits per heavy atom. The fraction of sp³-hybridized carbons (Fsp3) is 0.304. The van der Waals surface area contributed by atoms with Gasteiger partial charge in [-0.3, -0.25) is 4.90 Å². The Hall–Kier alpha value is -2.92. The number of rotatable bonds is 4. The molecule has 2 aliphatic rings. The number of hydrogen-bond acceptors (Lipinski definition) is 5. The summed E-state index contributed by atoms with van der Waals surface area (Å²) in [4.78, 5) is 4.66. The third-order valence-electron chi connectivity index (χ3n) is 5.45. The second kappa shape index (κ2) is 7.98. The van der Waals surface area contributed by atoms with Gasteiger partial charge in [0.15, 0.2) is 5.82 Å². The van der Waals surface area contributed by atoms with Crippen LogP contribution in [0.15, 0.2) is 83.9 Å². The fourth-order valence-electron chi connectivity index (χ4n) is 3.78. The first-order valence-corrected chi connectivity index (χ1v) is 9.75. The minimum Gasteiger partial charge on any atom is -0.425 e. The van der Waals surface area contributed by atoms with E-state index in [2.05, 4.69) is 70.5 Å². The number of benzene rings is 2. The topological polar surface area (TPSA) is 51.0 Å². The third kappa shape index (κ3) is 3.71. The van der Waals surface area contributed by atoms with Crippen LogP contribution in [0, 0.1) is 0 Å². The first kappa shape index (κ1) is 18.4. The van der Waals surface area contributed by atoms with Gasteiger partial charge in [-0.25, -0.2) is 0 Å². The van der Waals surface area contributed by atoms with E-state index in [1.54, 1.807) is 0 Å². The molecule has 2 aliphatic heterocycles. The molecule has 2 N–H and O–H groups in total. The van der Waals surface area contributed by atoms with Crippen molar-refractivity contribution in [2.45, 2.75) is 19.9 Å². The predicted octanol–water partition coefficient (Wildman–Crippen LogP) is 3.78. The zero-order valence-electron chi connectivity index (χ0n) is 16.5. The van der Waals surface area contributed by atoms with Crippen molar-refractivity contribution in [2.75, 3.05) is 26.2 Å². The molecule has 146 valence electrons. The Labute approximate surface area is 166 Å². The van der Waals surface area contributed by atoms with Crippen molar-refractivity contribution in [1.82, 2.24) is 9.80 Å². The normalized spacial score (nSPS) is 17.7. The van der Waals surface area contributed by atoms with Crippen molar-refractivity contribution in [3.05, 3.63) is 95.1 Å². The molecule has 0 aliphatic carbocycles. The van der Waals surface area contributed by atoms with Crippen LogP contribution in [-0.4, -0.2) is 36.0 Å². The molecule has 0 unspecified atom stereocenters. The smallest absolute Gasteiger partial charge is 0.332 e. The van der Waals surface area contributed by atoms with E-state index >= 15 is 0 Å². The van der Waals surface area contributed by atoms with Crippen LogP contribution in [0.1, 0.15) is 31.0 Å². The SMILES string of the molecule is CC1=C(C)OC(=C(N)N2CCN(C(c3ccccc3)c3ccccc3)CC2)O1. The van der Waals surface area contributed by atoms with Crippen LogP contribution in [-0.2, 0) is 9.47 Å². The molecule has 5 heteroatoms. The van der Waals surface area contributed by atoms with Gasteiger partial charge < -0.3 is 20.1 Å². The zero-order chi connectivity index (χ0) is 19.5. The van der Waals surface area contributed by atoms with Gasteiger partial charge in [-0.1, -0.05) is 60.7 Å². The van der Waals surface area contributed by atoms with Crippen LogP contribution in [0.4, 0.5) is 0 Å². The molecule has 1 saturated heterocycles. The largest absolute Gasteiger partial charge is 0.425 e. The molecular formula is C23H27N3O2.